The van der Waals surface area contributed by atoms with E-state index in [9.17, 15) is 53.4 Å². The minimum absolute atomic E-state index is 0.0191. The Hall–Kier alpha value is -11.7. The molecule has 2 aromatic heterocycles. The molecule has 20 N–H and O–H groups in total. The van der Waals surface area contributed by atoms with E-state index in [0.29, 0.717) is 70.6 Å². The number of likely N-dealkylation sites (N-methyl/N-ethyl adjacent to an activating group) is 3. The number of nitrogens with two attached hydrogens (primary N) is 3. The summed E-state index contributed by atoms with van der Waals surface area (Å²) in [5, 5.41) is 50.3. The number of phenolic OH excluding ortho intramolecular Hbond substituents is 1. The van der Waals surface area contributed by atoms with Gasteiger partial charge in [-0.15, -0.1) is 11.8 Å². The number of benzene rings is 3. The molecule has 38 nitrogen and oxygen atoms in total. The van der Waals surface area contributed by atoms with Crippen LogP contribution in [0, 0.1) is 11.8 Å². The first-order valence-corrected chi connectivity index (χ1v) is 45.3. The van der Waals surface area contributed by atoms with E-state index in [1.54, 1.807) is 70.4 Å². The van der Waals surface area contributed by atoms with Gasteiger partial charge in [0.05, 0.1) is 18.4 Å². The number of amides is 16. The highest BCUT2D eigenvalue weighted by atomic mass is 32.2. The number of primary amides is 1. The molecule has 5 heterocycles. The highest BCUT2D eigenvalue weighted by Gasteiger charge is 2.56. The van der Waals surface area contributed by atoms with Crippen LogP contribution in [0.5, 0.6) is 5.75 Å². The molecule has 1 aliphatic carbocycles. The van der Waals surface area contributed by atoms with Gasteiger partial charge < -0.3 is 115 Å². The number of aromatic hydroxyl groups is 1. The number of thioether (sulfide) groups is 1. The molecule has 3 saturated heterocycles. The number of carbonyl (C=O) groups is 16. The van der Waals surface area contributed by atoms with Gasteiger partial charge in [-0.3, -0.25) is 76.7 Å². The van der Waals surface area contributed by atoms with Crippen molar-refractivity contribution in [1.82, 2.24) is 87.6 Å². The molecule has 16 amide bonds. The molecule has 0 unspecified atom stereocenters. The predicted octanol–water partition coefficient (Wildman–Crippen LogP) is -0.508. The third-order valence-electron chi connectivity index (χ3n) is 24.1. The summed E-state index contributed by atoms with van der Waals surface area (Å²) in [5.74, 6) is -14.5. The fourth-order valence-electron chi connectivity index (χ4n) is 16.6. The smallest absolute Gasteiger partial charge is 0.249 e. The third-order valence-corrected chi connectivity index (χ3v) is 25.1. The van der Waals surface area contributed by atoms with Crippen molar-refractivity contribution in [1.29, 1.82) is 0 Å². The van der Waals surface area contributed by atoms with Crippen molar-refractivity contribution in [3.63, 3.8) is 0 Å². The Balaban J connectivity index is 1.07. The van der Waals surface area contributed by atoms with Crippen LogP contribution in [0.1, 0.15) is 155 Å². The van der Waals surface area contributed by atoms with Crippen LogP contribution in [-0.2, 0) is 96.0 Å². The predicted molar refractivity (Wildman–Crippen MR) is 478 cm³/mol. The van der Waals surface area contributed by atoms with Crippen LogP contribution in [0.3, 0.4) is 0 Å². The summed E-state index contributed by atoms with van der Waals surface area (Å²) in [4.78, 5) is 248. The lowest BCUT2D eigenvalue weighted by molar-refractivity contribution is -0.149. The molecule has 1 spiro atoms. The van der Waals surface area contributed by atoms with Gasteiger partial charge in [-0.2, -0.15) is 0 Å². The van der Waals surface area contributed by atoms with Crippen molar-refractivity contribution in [2.75, 3.05) is 65.4 Å². The van der Waals surface area contributed by atoms with Crippen LogP contribution in [0.15, 0.2) is 85.2 Å². The van der Waals surface area contributed by atoms with Crippen LogP contribution < -0.4 is 70.4 Å². The second kappa shape index (κ2) is 46.3. The van der Waals surface area contributed by atoms with E-state index in [2.05, 4.69) is 63.1 Å². The lowest BCUT2D eigenvalue weighted by Crippen LogP contribution is -2.62. The lowest BCUT2D eigenvalue weighted by Gasteiger charge is -2.36. The van der Waals surface area contributed by atoms with Crippen molar-refractivity contribution in [3.8, 4) is 5.75 Å². The monoisotopic (exact) mass is 1800 g/mol. The van der Waals surface area contributed by atoms with Crippen molar-refractivity contribution in [2.24, 2.45) is 29.0 Å². The number of unbranched alkanes of at least 4 members (excludes halogenated alkanes) is 2. The SMILES string of the molecule is CCCC[C@H]1C(=O)N(C)[C@@H](CCCC)C(=O)N[C@@H](CC(C)C)C(=O)N[C@H](C(=O)NCC(N)=O)CSCC(=O)N[C@@H](Cc2ccc(O)cc2)C(=O)N(C)[C@@H](C)C(=O)NC2(CC2)C(=O)N2CCC[C@H]2C(=O)N[C@@H](CN)C(=O)N[C@@H](CC(C)C)C(=O)N2C[C@H](O)C[C@H]2C(=O)N[C@@H](Cc2c[nH]c3ccccc23)C(=O)N[C@@H](CCN)C(=O)N[C@@H](Cc2c[nH]c3ccccc23)C(=O)N1C. The molecule has 5 aromatic rings. The Morgan fingerprint density at radius 1 is 0.555 bits per heavy atom. The number of rotatable bonds is 22. The number of nitrogens with zero attached hydrogens (tertiary/aromatic N) is 5. The second-order valence-electron chi connectivity index (χ2n) is 34.8. The number of hydrogen-bond donors (Lipinski definition) is 17. The maximum Gasteiger partial charge on any atom is 0.249 e. The quantitative estimate of drug-likeness (QED) is 0.0415. The summed E-state index contributed by atoms with van der Waals surface area (Å²) in [6.07, 6.45) is 3.56. The van der Waals surface area contributed by atoms with E-state index in [1.807, 2.05) is 32.0 Å². The third kappa shape index (κ3) is 26.3. The molecule has 0 radical (unpaired) electrons. The first-order valence-electron chi connectivity index (χ1n) is 44.2. The topological polar surface area (TPSA) is 560 Å². The van der Waals surface area contributed by atoms with Gasteiger partial charge in [0.1, 0.15) is 89.8 Å². The van der Waals surface area contributed by atoms with Crippen LogP contribution >= 0.6 is 11.8 Å². The Bertz CT molecular complexity index is 4810. The average Bonchev–Trinajstić information content (AvgIpc) is 1.59. The number of aliphatic hydroxyl groups excluding tert-OH is 1. The average molecular weight is 1800 g/mol. The molecule has 698 valence electrons. The Kier molecular flexibility index (Phi) is 36.2. The Morgan fingerprint density at radius 2 is 1.07 bits per heavy atom. The van der Waals surface area contributed by atoms with Crippen molar-refractivity contribution >= 4 is 128 Å². The van der Waals surface area contributed by atoms with Gasteiger partial charge in [-0.05, 0) is 124 Å². The number of nitrogens with one attached hydrogen (secondary N) is 12. The van der Waals surface area contributed by atoms with Gasteiger partial charge in [-0.1, -0.05) is 116 Å². The maximum absolute atomic E-state index is 15.8. The van der Waals surface area contributed by atoms with Crippen molar-refractivity contribution in [3.05, 3.63) is 102 Å². The van der Waals surface area contributed by atoms with Gasteiger partial charge in [0.15, 0.2) is 0 Å². The number of hydrogen-bond acceptors (Lipinski definition) is 21. The molecular formula is C89H128N20O18S. The fraction of sp³-hybridized carbons (Fsp3) is 0.573. The Morgan fingerprint density at radius 3 is 1.66 bits per heavy atom. The maximum atomic E-state index is 15.8. The van der Waals surface area contributed by atoms with E-state index in [0.717, 1.165) is 21.6 Å². The zero-order valence-electron chi connectivity index (χ0n) is 74.6. The summed E-state index contributed by atoms with van der Waals surface area (Å²) in [5.41, 5.74) is 19.4. The molecule has 3 aromatic carbocycles. The number of aromatic amines is 2. The van der Waals surface area contributed by atoms with Gasteiger partial charge in [-0.25, -0.2) is 0 Å². The first-order chi connectivity index (χ1) is 60.9. The standard InChI is InChI=1S/C89H128N20O18S/c1-11-13-24-69-81(120)98-62(36-49(3)4)78(117)103-68(76(115)95-45-73(92)112)47-128-48-74(113)96-65(38-52-27-29-55(110)30-28-52)84(123)105(8)51(7)75(114)104-89(32-33-89)88(127)108-35-19-26-70(108)82(121)102-67(42-91)80(119)100-64(37-50(5)6)86(125)109-46-56(111)41-72(109)83(122)99-63(39-53-43-93-59-22-17-15-20-57(53)59)79(118)97-61(31-34-90)77(116)101-66(40-54-44-94-60-23-18-16-21-58(54)60)85(124)107(10)71(25-14-12-2)87(126)106(69)9/h15-18,20-23,27-30,43-44,49-51,56,61-72,93-94,110-111H,11-14,19,24-26,31-42,45-48,90-91H2,1-10H3,(H2,92,112)(H,95,115)(H,96,113)(H,97,118)(H,98,120)(H,99,122)(H,100,119)(H,101,116)(H,102,121)(H,103,117)(H,104,114)/t51-,56+,61-,62-,63-,64-,65-,66-,67-,68-,69-,70-,71-,72-/m0/s1. The number of aliphatic hydroxyl groups is 1. The molecule has 0 bridgehead atoms. The molecular weight excluding hydrogens is 1670 g/mol. The highest BCUT2D eigenvalue weighted by molar-refractivity contribution is 8.00. The number of H-pyrrole nitrogens is 2. The summed E-state index contributed by atoms with van der Waals surface area (Å²) in [6, 6.07) is 1.85. The molecule has 14 atom stereocenters. The van der Waals surface area contributed by atoms with Gasteiger partial charge >= 0.3 is 0 Å². The normalized spacial score (nSPS) is 25.8. The zero-order valence-corrected chi connectivity index (χ0v) is 75.4. The van der Waals surface area contributed by atoms with Crippen LogP contribution in [0.25, 0.3) is 21.8 Å². The van der Waals surface area contributed by atoms with Crippen LogP contribution in [0.2, 0.25) is 0 Å². The number of fused-ring (bicyclic) bond motifs is 4. The van der Waals surface area contributed by atoms with E-state index in [4.69, 9.17) is 17.2 Å². The molecule has 1 saturated carbocycles. The number of carbonyl (C=O) groups excluding carboxylic acids is 16. The first kappa shape index (κ1) is 100. The van der Waals surface area contributed by atoms with E-state index >= 15 is 33.6 Å². The molecule has 39 heteroatoms. The summed E-state index contributed by atoms with van der Waals surface area (Å²) in [6.45, 7) is 10.6. The second-order valence-corrected chi connectivity index (χ2v) is 35.8. The molecule has 128 heavy (non-hydrogen) atoms. The minimum atomic E-state index is -1.54. The Labute approximate surface area is 748 Å². The van der Waals surface area contributed by atoms with Crippen LogP contribution in [-0.4, -0.2) is 295 Å². The van der Waals surface area contributed by atoms with Gasteiger partial charge in [0.2, 0.25) is 94.5 Å². The highest BCUT2D eigenvalue weighted by Crippen LogP contribution is 2.40. The van der Waals surface area contributed by atoms with Crippen molar-refractivity contribution in [2.45, 2.75) is 248 Å². The summed E-state index contributed by atoms with van der Waals surface area (Å²) < 4.78 is 0. The zero-order chi connectivity index (χ0) is 93.5. The summed E-state index contributed by atoms with van der Waals surface area (Å²) >= 11 is 0.841. The van der Waals surface area contributed by atoms with E-state index in [1.165, 1.54) is 67.0 Å². The van der Waals surface area contributed by atoms with Gasteiger partial charge in [0, 0.05) is 106 Å². The molecule has 3 aliphatic heterocycles. The minimum Gasteiger partial charge on any atom is -0.508 e. The van der Waals surface area contributed by atoms with E-state index in [-0.39, 0.29) is 113 Å². The summed E-state index contributed by atoms with van der Waals surface area (Å²) in [7, 11) is 4.13. The van der Waals surface area contributed by atoms with E-state index < -0.39 is 210 Å². The number of para-hydroxylation sites is 2. The van der Waals surface area contributed by atoms with Gasteiger partial charge in [0.25, 0.3) is 0 Å². The van der Waals surface area contributed by atoms with Crippen LogP contribution in [0.4, 0.5) is 0 Å². The number of aromatic nitrogens is 2. The van der Waals surface area contributed by atoms with Crippen molar-refractivity contribution < 1.29 is 86.9 Å². The largest absolute Gasteiger partial charge is 0.508 e. The molecule has 9 rings (SSSR count). The fourth-order valence-corrected chi connectivity index (χ4v) is 17.4. The molecule has 4 fully saturated rings. The molecule has 4 aliphatic rings. The number of phenols is 1. The lowest BCUT2D eigenvalue weighted by atomic mass is 9.99.